The summed E-state index contributed by atoms with van der Waals surface area (Å²) in [4.78, 5) is 5.60. The van der Waals surface area contributed by atoms with Crippen LogP contribution >= 0.6 is 0 Å². The van der Waals surface area contributed by atoms with Crippen molar-refractivity contribution in [2.75, 3.05) is 0 Å². The van der Waals surface area contributed by atoms with Crippen LogP contribution in [0, 0.1) is 0 Å². The first kappa shape index (κ1) is 28.5. The molecule has 11 aromatic rings. The van der Waals surface area contributed by atoms with Gasteiger partial charge in [0.25, 0.3) is 0 Å². The maximum absolute atomic E-state index is 5.60. The summed E-state index contributed by atoms with van der Waals surface area (Å²) >= 11 is 0. The minimum absolute atomic E-state index is 0.944. The highest BCUT2D eigenvalue weighted by molar-refractivity contribution is 6.13. The van der Waals surface area contributed by atoms with Gasteiger partial charge in [-0.25, -0.2) is 4.98 Å². The predicted octanol–water partition coefficient (Wildman–Crippen LogP) is 12.5. The Morgan fingerprint density at radius 1 is 0.302 bits per heavy atom. The number of fused-ring (bicyclic) bond motifs is 16. The SMILES string of the molecule is c1ccc2c(c1)-c1ccccc1-c1nc3c(-n4c5ccccc5c5cc(-n6c7ccccc7c7ccccc76)ccc54)cccc3n1-c1ccccc1-2. The Morgan fingerprint density at radius 3 is 1.47 bits per heavy atom. The van der Waals surface area contributed by atoms with E-state index in [9.17, 15) is 0 Å². The van der Waals surface area contributed by atoms with Crippen molar-refractivity contribution in [3.8, 4) is 50.7 Å². The number of aromatic nitrogens is 4. The first-order valence-corrected chi connectivity index (χ1v) is 18.2. The molecule has 3 aromatic heterocycles. The van der Waals surface area contributed by atoms with Gasteiger partial charge in [-0.1, -0.05) is 127 Å². The normalized spacial score (nSPS) is 12.2. The van der Waals surface area contributed by atoms with Crippen molar-refractivity contribution in [1.29, 1.82) is 0 Å². The molecule has 0 N–H and O–H groups in total. The molecule has 8 aromatic carbocycles. The van der Waals surface area contributed by atoms with Gasteiger partial charge in [-0.15, -0.1) is 0 Å². The van der Waals surface area contributed by atoms with E-state index in [0.717, 1.165) is 50.5 Å². The standard InChI is InChI=1S/C49H30N4/c1-2-15-33-32(14-1)34-16-3-4-21-39(34)49-50-48-46(26-13-27-47(48)53(49)44-25-12-5-17-35(33)44)52-43-24-11-8-20-38(43)40-30-31(28-29-45(40)52)51-41-22-9-6-18-36(41)37-19-7-10-23-42(37)51/h1-30H. The maximum Gasteiger partial charge on any atom is 0.146 e. The lowest BCUT2D eigenvalue weighted by Crippen LogP contribution is -2.04. The van der Waals surface area contributed by atoms with E-state index in [4.69, 9.17) is 4.98 Å². The first-order valence-electron chi connectivity index (χ1n) is 18.2. The molecule has 0 saturated carbocycles. The van der Waals surface area contributed by atoms with Gasteiger partial charge < -0.3 is 9.13 Å². The summed E-state index contributed by atoms with van der Waals surface area (Å²) in [6, 6.07) is 65.9. The molecule has 12 rings (SSSR count). The Kier molecular flexibility index (Phi) is 5.74. The van der Waals surface area contributed by atoms with E-state index >= 15 is 0 Å². The lowest BCUT2D eigenvalue weighted by atomic mass is 9.89. The smallest absolute Gasteiger partial charge is 0.146 e. The van der Waals surface area contributed by atoms with Crippen LogP contribution in [0.5, 0.6) is 0 Å². The number of imidazole rings is 1. The maximum atomic E-state index is 5.60. The average molecular weight is 675 g/mol. The summed E-state index contributed by atoms with van der Waals surface area (Å²) in [5.74, 6) is 0.944. The van der Waals surface area contributed by atoms with E-state index in [1.165, 1.54) is 54.8 Å². The molecule has 246 valence electrons. The van der Waals surface area contributed by atoms with Gasteiger partial charge in [0, 0.05) is 38.4 Å². The number of hydrogen-bond acceptors (Lipinski definition) is 1. The van der Waals surface area contributed by atoms with Crippen molar-refractivity contribution >= 4 is 54.6 Å². The highest BCUT2D eigenvalue weighted by atomic mass is 15.1. The molecule has 1 aliphatic rings. The van der Waals surface area contributed by atoms with Gasteiger partial charge in [-0.2, -0.15) is 0 Å². The molecule has 4 nitrogen and oxygen atoms in total. The van der Waals surface area contributed by atoms with Gasteiger partial charge in [-0.3, -0.25) is 4.57 Å². The third kappa shape index (κ3) is 3.87. The summed E-state index contributed by atoms with van der Waals surface area (Å²) in [6.45, 7) is 0. The van der Waals surface area contributed by atoms with Gasteiger partial charge in [-0.05, 0) is 71.3 Å². The van der Waals surface area contributed by atoms with Crippen molar-refractivity contribution in [1.82, 2.24) is 18.7 Å². The summed E-state index contributed by atoms with van der Waals surface area (Å²) in [5.41, 5.74) is 16.0. The van der Waals surface area contributed by atoms with Crippen LogP contribution in [0.2, 0.25) is 0 Å². The van der Waals surface area contributed by atoms with E-state index in [0.29, 0.717) is 0 Å². The zero-order valence-corrected chi connectivity index (χ0v) is 28.6. The summed E-state index contributed by atoms with van der Waals surface area (Å²) in [7, 11) is 0. The molecule has 0 bridgehead atoms. The fraction of sp³-hybridized carbons (Fsp3) is 0. The second-order valence-corrected chi connectivity index (χ2v) is 13.9. The average Bonchev–Trinajstić information content (AvgIpc) is 3.88. The quantitative estimate of drug-likeness (QED) is 0.179. The molecule has 0 unspecified atom stereocenters. The Morgan fingerprint density at radius 2 is 0.774 bits per heavy atom. The van der Waals surface area contributed by atoms with E-state index in [1.807, 2.05) is 0 Å². The van der Waals surface area contributed by atoms with Gasteiger partial charge in [0.15, 0.2) is 0 Å². The Labute approximate surface area is 305 Å². The molecule has 0 spiro atoms. The molecular formula is C49H30N4. The van der Waals surface area contributed by atoms with Crippen molar-refractivity contribution < 1.29 is 0 Å². The monoisotopic (exact) mass is 674 g/mol. The number of rotatable bonds is 2. The van der Waals surface area contributed by atoms with Gasteiger partial charge >= 0.3 is 0 Å². The molecule has 1 aliphatic heterocycles. The van der Waals surface area contributed by atoms with Crippen LogP contribution < -0.4 is 0 Å². The lowest BCUT2D eigenvalue weighted by Gasteiger charge is -2.22. The molecule has 0 radical (unpaired) electrons. The second kappa shape index (κ2) is 10.7. The number of nitrogens with zero attached hydrogens (tertiary/aromatic N) is 4. The Balaban J connectivity index is 1.16. The van der Waals surface area contributed by atoms with Crippen LogP contribution in [-0.4, -0.2) is 18.7 Å². The van der Waals surface area contributed by atoms with Gasteiger partial charge in [0.1, 0.15) is 11.3 Å². The van der Waals surface area contributed by atoms with Crippen LogP contribution in [-0.2, 0) is 0 Å². The second-order valence-electron chi connectivity index (χ2n) is 13.9. The van der Waals surface area contributed by atoms with Crippen LogP contribution in [0.15, 0.2) is 182 Å². The van der Waals surface area contributed by atoms with Gasteiger partial charge in [0.2, 0.25) is 0 Å². The van der Waals surface area contributed by atoms with Crippen molar-refractivity contribution in [3.63, 3.8) is 0 Å². The number of para-hydroxylation sites is 5. The largest absolute Gasteiger partial charge is 0.309 e. The van der Waals surface area contributed by atoms with Gasteiger partial charge in [0.05, 0.1) is 39.0 Å². The summed E-state index contributed by atoms with van der Waals surface area (Å²) in [6.07, 6.45) is 0. The lowest BCUT2D eigenvalue weighted by molar-refractivity contribution is 1.10. The highest BCUT2D eigenvalue weighted by Gasteiger charge is 2.26. The van der Waals surface area contributed by atoms with E-state index in [-0.39, 0.29) is 0 Å². The molecular weight excluding hydrogens is 645 g/mol. The first-order chi connectivity index (χ1) is 26.3. The third-order valence-corrected chi connectivity index (χ3v) is 11.2. The molecule has 0 aliphatic carbocycles. The molecule has 53 heavy (non-hydrogen) atoms. The molecule has 0 atom stereocenters. The van der Waals surface area contributed by atoms with Crippen molar-refractivity contribution in [3.05, 3.63) is 182 Å². The Hall–Kier alpha value is -7.17. The Bertz CT molecular complexity index is 3250. The molecule has 4 heteroatoms. The van der Waals surface area contributed by atoms with E-state index in [1.54, 1.807) is 0 Å². The number of benzene rings is 8. The zero-order valence-electron chi connectivity index (χ0n) is 28.6. The van der Waals surface area contributed by atoms with Crippen LogP contribution in [0.1, 0.15) is 0 Å². The van der Waals surface area contributed by atoms with Crippen LogP contribution in [0.25, 0.3) is 105 Å². The van der Waals surface area contributed by atoms with Crippen molar-refractivity contribution in [2.24, 2.45) is 0 Å². The molecule has 4 heterocycles. The predicted molar refractivity (Wildman–Crippen MR) is 220 cm³/mol. The molecule has 0 amide bonds. The van der Waals surface area contributed by atoms with Crippen LogP contribution in [0.3, 0.4) is 0 Å². The number of hydrogen-bond donors (Lipinski definition) is 0. The molecule has 0 fully saturated rings. The summed E-state index contributed by atoms with van der Waals surface area (Å²) in [5, 5.41) is 4.95. The zero-order chi connectivity index (χ0) is 34.6. The van der Waals surface area contributed by atoms with Crippen LogP contribution in [0.4, 0.5) is 0 Å². The topological polar surface area (TPSA) is 27.7 Å². The van der Waals surface area contributed by atoms with E-state index < -0.39 is 0 Å². The van der Waals surface area contributed by atoms with E-state index in [2.05, 4.69) is 196 Å². The van der Waals surface area contributed by atoms with Crippen molar-refractivity contribution in [2.45, 2.75) is 0 Å². The minimum Gasteiger partial charge on any atom is -0.309 e. The molecule has 0 saturated heterocycles. The minimum atomic E-state index is 0.944. The summed E-state index contributed by atoms with van der Waals surface area (Å²) < 4.78 is 7.19. The fourth-order valence-electron chi connectivity index (χ4n) is 9.01. The fourth-order valence-corrected chi connectivity index (χ4v) is 9.01. The third-order valence-electron chi connectivity index (χ3n) is 11.2. The highest BCUT2D eigenvalue weighted by Crippen LogP contribution is 2.46.